The normalized spacial score (nSPS) is 0. The van der Waals surface area contributed by atoms with Crippen LogP contribution in [0, 0.1) is 0 Å². The first-order valence-corrected chi connectivity index (χ1v) is 0. The molecule has 0 aromatic rings. The molecule has 0 aromatic heterocycles. The zero-order valence-corrected chi connectivity index (χ0v) is 17.5. The molecule has 0 heterocycles. The summed E-state index contributed by atoms with van der Waals surface area (Å²) >= 11 is 0. The predicted molar refractivity (Wildman–Crippen MR) is 27.0 cm³/mol. The van der Waals surface area contributed by atoms with Gasteiger partial charge in [0.2, 0.25) is 0 Å². The van der Waals surface area contributed by atoms with Crippen molar-refractivity contribution in [3.05, 3.63) is 0 Å². The molecule has 0 aliphatic rings. The molecule has 0 N–H and O–H groups in total. The molecule has 0 saturated carbocycles. The van der Waals surface area contributed by atoms with Gasteiger partial charge in [-0.2, -0.15) is 0 Å². The molecule has 5 radical (unpaired) electrons. The van der Waals surface area contributed by atoms with E-state index in [0.29, 0.717) is 0 Å². The molecular formula is H7AgPbSbSn. The van der Waals surface area contributed by atoms with Crippen LogP contribution >= 0.6 is 0 Å². The van der Waals surface area contributed by atoms with Gasteiger partial charge in [0.15, 0.2) is 0 Å². The van der Waals surface area contributed by atoms with E-state index in [9.17, 15) is 0 Å². The molecule has 0 nitrogen and oxygen atoms in total. The molecule has 0 fully saturated rings. The van der Waals surface area contributed by atoms with Crippen molar-refractivity contribution in [1.82, 2.24) is 0 Å². The standard InChI is InChI=1S/Ag.Pb.Sb.Sn.7H. The van der Waals surface area contributed by atoms with E-state index in [0.717, 1.165) is 0 Å². The van der Waals surface area contributed by atoms with Crippen LogP contribution in [0.4, 0.5) is 0 Å². The Kier molecular flexibility index (Phi) is 109. The summed E-state index contributed by atoms with van der Waals surface area (Å²) in [6, 6.07) is 0. The van der Waals surface area contributed by atoms with Gasteiger partial charge in [0, 0.05) is 22.4 Å². The molecule has 0 aliphatic carbocycles. The molecule has 31 valence electrons. The van der Waals surface area contributed by atoms with Crippen LogP contribution in [0.15, 0.2) is 0 Å². The van der Waals surface area contributed by atoms with Gasteiger partial charge < -0.3 is 0 Å². The fourth-order valence-corrected chi connectivity index (χ4v) is 0. The van der Waals surface area contributed by atoms with E-state index in [1.54, 1.807) is 0 Å². The summed E-state index contributed by atoms with van der Waals surface area (Å²) in [4.78, 5) is 0. The molecule has 0 aromatic carbocycles. The zero-order valence-electron chi connectivity index (χ0n) is 2.42. The fraction of sp³-hybridized carbons (Fsp3) is 0. The molecule has 0 saturated heterocycles. The molecule has 0 unspecified atom stereocenters. The first kappa shape index (κ1) is 26.7. The number of hydrogen-bond donors (Lipinski definition) is 0. The van der Waals surface area contributed by atoms with E-state index >= 15 is 0 Å². The second kappa shape index (κ2) is 16.3. The molecule has 0 amide bonds. The molecule has 0 rings (SSSR count). The molecule has 4 heteroatoms. The molecule has 4 heavy (non-hydrogen) atoms. The van der Waals surface area contributed by atoms with Crippen LogP contribution in [0.3, 0.4) is 0 Å². The minimum absolute atomic E-state index is 0. The Morgan fingerprint density at radius 1 is 1.00 bits per heavy atom. The summed E-state index contributed by atoms with van der Waals surface area (Å²) in [5, 5.41) is 0. The van der Waals surface area contributed by atoms with Crippen molar-refractivity contribution in [3.63, 3.8) is 0 Å². The van der Waals surface area contributed by atoms with Crippen LogP contribution in [-0.2, 0) is 22.4 Å². The van der Waals surface area contributed by atoms with Gasteiger partial charge in [-0.25, -0.2) is 0 Å². The van der Waals surface area contributed by atoms with E-state index in [4.69, 9.17) is 0 Å². The van der Waals surface area contributed by atoms with Gasteiger partial charge in [0.1, 0.15) is 0 Å². The Bertz CT molecular complexity index is 8.00. The van der Waals surface area contributed by atoms with Gasteiger partial charge >= 0.3 is 75.6 Å². The minimum atomic E-state index is 0. The van der Waals surface area contributed by atoms with Gasteiger partial charge in [-0.15, -0.1) is 0 Å². The Morgan fingerprint density at radius 2 is 1.00 bits per heavy atom. The van der Waals surface area contributed by atoms with Crippen LogP contribution in [0.2, 0.25) is 0 Å². The van der Waals surface area contributed by atoms with Crippen LogP contribution in [0.25, 0.3) is 0 Å². The summed E-state index contributed by atoms with van der Waals surface area (Å²) < 4.78 is 0. The first-order valence-electron chi connectivity index (χ1n) is 0. The van der Waals surface area contributed by atoms with Gasteiger partial charge in [-0.3, -0.25) is 0 Å². The second-order valence-electron chi connectivity index (χ2n) is 0. The molecule has 0 aliphatic heterocycles. The topological polar surface area (TPSA) is 0 Å². The van der Waals surface area contributed by atoms with E-state index in [1.165, 1.54) is 0 Å². The molecule has 0 spiro atoms. The molecular weight excluding hydrogens is 556 g/mol. The summed E-state index contributed by atoms with van der Waals surface area (Å²) in [5.41, 5.74) is 0. The monoisotopic (exact) mass is 563 g/mol. The van der Waals surface area contributed by atoms with Gasteiger partial charge in [0.25, 0.3) is 0 Å². The SMILES string of the molecule is [Ag].[PbH2].[SbH3].[SnH2]. The van der Waals surface area contributed by atoms with Gasteiger partial charge in [-0.1, -0.05) is 0 Å². The van der Waals surface area contributed by atoms with Crippen molar-refractivity contribution in [2.24, 2.45) is 0 Å². The van der Waals surface area contributed by atoms with Crippen molar-refractivity contribution < 1.29 is 22.4 Å². The molecule has 0 bridgehead atoms. The third kappa shape index (κ3) is 8.99. The molecule has 0 atom stereocenters. The maximum atomic E-state index is 0. The third-order valence-electron chi connectivity index (χ3n) is 0. The third-order valence-corrected chi connectivity index (χ3v) is 0. The van der Waals surface area contributed by atoms with E-state index in [1.807, 2.05) is 0 Å². The Labute approximate surface area is 95.9 Å². The average Bonchev–Trinajstić information content (AvgIpc) is 0. The van der Waals surface area contributed by atoms with Crippen LogP contribution in [-0.4, -0.2) is 75.6 Å². The average molecular weight is 563 g/mol. The van der Waals surface area contributed by atoms with E-state index < -0.39 is 0 Å². The predicted octanol–water partition coefficient (Wildman–Crippen LogP) is -3.02. The van der Waals surface area contributed by atoms with Crippen molar-refractivity contribution in [3.8, 4) is 0 Å². The number of rotatable bonds is 0. The Morgan fingerprint density at radius 3 is 1.00 bits per heavy atom. The van der Waals surface area contributed by atoms with Crippen molar-refractivity contribution in [2.45, 2.75) is 0 Å². The fourth-order valence-electron chi connectivity index (χ4n) is 0. The number of hydrogen-bond acceptors (Lipinski definition) is 0. The summed E-state index contributed by atoms with van der Waals surface area (Å²) in [6.07, 6.45) is 0. The van der Waals surface area contributed by atoms with E-state index in [2.05, 4.69) is 0 Å². The Hall–Kier alpha value is 3.28. The van der Waals surface area contributed by atoms with Crippen LogP contribution in [0.1, 0.15) is 0 Å². The summed E-state index contributed by atoms with van der Waals surface area (Å²) in [6.45, 7) is 0. The summed E-state index contributed by atoms with van der Waals surface area (Å²) in [5.74, 6) is 0. The first-order chi connectivity index (χ1) is 0. The van der Waals surface area contributed by atoms with E-state index in [-0.39, 0.29) is 98.0 Å². The maximum absolute atomic E-state index is 0. The zero-order chi connectivity index (χ0) is 0. The van der Waals surface area contributed by atoms with Crippen LogP contribution < -0.4 is 0 Å². The Balaban J connectivity index is 0. The van der Waals surface area contributed by atoms with Crippen molar-refractivity contribution in [1.29, 1.82) is 0 Å². The quantitative estimate of drug-likeness (QED) is 0.276. The van der Waals surface area contributed by atoms with Crippen LogP contribution in [0.5, 0.6) is 0 Å². The van der Waals surface area contributed by atoms with Gasteiger partial charge in [-0.05, 0) is 0 Å². The van der Waals surface area contributed by atoms with Crippen molar-refractivity contribution >= 4 is 75.6 Å². The van der Waals surface area contributed by atoms with Crippen molar-refractivity contribution in [2.75, 3.05) is 0 Å². The van der Waals surface area contributed by atoms with Gasteiger partial charge in [0.05, 0.1) is 0 Å². The summed E-state index contributed by atoms with van der Waals surface area (Å²) in [7, 11) is 0. The second-order valence-corrected chi connectivity index (χ2v) is 0.